The molecule has 0 aliphatic carbocycles. The van der Waals surface area contributed by atoms with E-state index in [1.54, 1.807) is 0 Å². The van der Waals surface area contributed by atoms with E-state index in [4.69, 9.17) is 11.6 Å². The smallest absolute Gasteiger partial charge is 0.406 e. The van der Waals surface area contributed by atoms with Gasteiger partial charge in [0.25, 0.3) is 0 Å². The first-order valence-electron chi connectivity index (χ1n) is 6.08. The molecule has 21 heavy (non-hydrogen) atoms. The van der Waals surface area contributed by atoms with Crippen molar-refractivity contribution in [3.63, 3.8) is 0 Å². The van der Waals surface area contributed by atoms with Gasteiger partial charge in [0, 0.05) is 4.47 Å². The molecule has 6 heteroatoms. The zero-order valence-electron chi connectivity index (χ0n) is 10.7. The number of hydrogen-bond donors (Lipinski definition) is 0. The second kappa shape index (κ2) is 6.71. The summed E-state index contributed by atoms with van der Waals surface area (Å²) in [5, 5.41) is -0.314. The number of ether oxygens (including phenoxy) is 1. The molecule has 1 atom stereocenters. The molecule has 0 radical (unpaired) electrons. The lowest BCUT2D eigenvalue weighted by Crippen LogP contribution is -2.17. The van der Waals surface area contributed by atoms with Crippen molar-refractivity contribution >= 4 is 27.5 Å². The molecular formula is C15H11BrClF3O. The summed E-state index contributed by atoms with van der Waals surface area (Å²) < 4.78 is 41.0. The third kappa shape index (κ3) is 5.25. The van der Waals surface area contributed by atoms with Gasteiger partial charge in [-0.25, -0.2) is 0 Å². The van der Waals surface area contributed by atoms with Crippen molar-refractivity contribution in [2.45, 2.75) is 18.2 Å². The lowest BCUT2D eigenvalue weighted by Gasteiger charge is -2.12. The highest BCUT2D eigenvalue weighted by Crippen LogP contribution is 2.29. The van der Waals surface area contributed by atoms with Gasteiger partial charge in [0.1, 0.15) is 5.75 Å². The lowest BCUT2D eigenvalue weighted by molar-refractivity contribution is -0.274. The molecule has 0 saturated heterocycles. The quantitative estimate of drug-likeness (QED) is 0.604. The molecule has 2 rings (SSSR count). The Morgan fingerprint density at radius 2 is 1.57 bits per heavy atom. The molecule has 2 aromatic carbocycles. The van der Waals surface area contributed by atoms with Gasteiger partial charge in [-0.05, 0) is 41.8 Å². The maximum absolute atomic E-state index is 12.1. The molecule has 0 fully saturated rings. The molecular weight excluding hydrogens is 369 g/mol. The number of hydrogen-bond acceptors (Lipinski definition) is 1. The summed E-state index contributed by atoms with van der Waals surface area (Å²) in [6.45, 7) is 0. The topological polar surface area (TPSA) is 9.23 Å². The van der Waals surface area contributed by atoms with Crippen LogP contribution in [0.1, 0.15) is 16.5 Å². The van der Waals surface area contributed by atoms with E-state index in [0.29, 0.717) is 6.42 Å². The SMILES string of the molecule is FC(F)(F)Oc1ccc(C(Cl)Cc2ccc(Br)cc2)cc1. The van der Waals surface area contributed by atoms with Gasteiger partial charge in [-0.1, -0.05) is 40.2 Å². The van der Waals surface area contributed by atoms with Gasteiger partial charge in [-0.2, -0.15) is 0 Å². The van der Waals surface area contributed by atoms with Crippen molar-refractivity contribution < 1.29 is 17.9 Å². The minimum absolute atomic E-state index is 0.251. The normalized spacial score (nSPS) is 13.0. The molecule has 0 amide bonds. The van der Waals surface area contributed by atoms with Gasteiger partial charge in [0.15, 0.2) is 0 Å². The van der Waals surface area contributed by atoms with Crippen LogP contribution in [0.5, 0.6) is 5.75 Å². The van der Waals surface area contributed by atoms with Crippen LogP contribution in [0.15, 0.2) is 53.0 Å². The predicted octanol–water partition coefficient (Wildman–Crippen LogP) is 5.87. The molecule has 1 nitrogen and oxygen atoms in total. The van der Waals surface area contributed by atoms with E-state index in [1.807, 2.05) is 24.3 Å². The molecule has 0 heterocycles. The van der Waals surface area contributed by atoms with Crippen LogP contribution in [0.3, 0.4) is 0 Å². The van der Waals surface area contributed by atoms with Crippen molar-refractivity contribution in [1.82, 2.24) is 0 Å². The molecule has 1 unspecified atom stereocenters. The first-order chi connectivity index (χ1) is 9.83. The molecule has 0 aliphatic rings. The van der Waals surface area contributed by atoms with E-state index in [0.717, 1.165) is 15.6 Å². The maximum Gasteiger partial charge on any atom is 0.573 e. The Hall–Kier alpha value is -1.20. The molecule has 0 saturated carbocycles. The van der Waals surface area contributed by atoms with Crippen LogP contribution in [0.25, 0.3) is 0 Å². The van der Waals surface area contributed by atoms with E-state index in [1.165, 1.54) is 24.3 Å². The monoisotopic (exact) mass is 378 g/mol. The van der Waals surface area contributed by atoms with Crippen LogP contribution < -0.4 is 4.74 Å². The molecule has 0 spiro atoms. The van der Waals surface area contributed by atoms with Crippen LogP contribution in [0.4, 0.5) is 13.2 Å². The summed E-state index contributed by atoms with van der Waals surface area (Å²) in [5.74, 6) is -0.251. The van der Waals surface area contributed by atoms with E-state index in [9.17, 15) is 13.2 Å². The lowest BCUT2D eigenvalue weighted by atomic mass is 10.0. The van der Waals surface area contributed by atoms with Crippen LogP contribution in [0, 0.1) is 0 Å². The highest BCUT2D eigenvalue weighted by molar-refractivity contribution is 9.10. The Bertz CT molecular complexity index is 581. The number of rotatable bonds is 4. The van der Waals surface area contributed by atoms with Gasteiger partial charge in [0.05, 0.1) is 5.38 Å². The van der Waals surface area contributed by atoms with Crippen molar-refractivity contribution in [3.05, 3.63) is 64.1 Å². The van der Waals surface area contributed by atoms with Crippen LogP contribution in [0.2, 0.25) is 0 Å². The molecule has 112 valence electrons. The second-order valence-corrected chi connectivity index (χ2v) is 5.86. The standard InChI is InChI=1S/C15H11BrClF3O/c16-12-5-1-10(2-6-12)9-14(17)11-3-7-13(8-4-11)21-15(18,19)20/h1-8,14H,9H2. The fourth-order valence-corrected chi connectivity index (χ4v) is 2.41. The highest BCUT2D eigenvalue weighted by Gasteiger charge is 2.31. The first kappa shape index (κ1) is 16.2. The third-order valence-electron chi connectivity index (χ3n) is 2.80. The Balaban J connectivity index is 2.02. The average Bonchev–Trinajstić information content (AvgIpc) is 2.40. The zero-order chi connectivity index (χ0) is 15.5. The Kier molecular flexibility index (Phi) is 5.17. The van der Waals surface area contributed by atoms with E-state index < -0.39 is 6.36 Å². The summed E-state index contributed by atoms with van der Waals surface area (Å²) in [6, 6.07) is 13.3. The predicted molar refractivity (Wildman–Crippen MR) is 79.6 cm³/mol. The summed E-state index contributed by atoms with van der Waals surface area (Å²) in [5.41, 5.74) is 1.79. The van der Waals surface area contributed by atoms with Crippen molar-refractivity contribution in [3.8, 4) is 5.75 Å². The number of alkyl halides is 4. The second-order valence-electron chi connectivity index (χ2n) is 4.41. The third-order valence-corrected chi connectivity index (χ3v) is 3.74. The average molecular weight is 380 g/mol. The van der Waals surface area contributed by atoms with Crippen LogP contribution >= 0.6 is 27.5 Å². The van der Waals surface area contributed by atoms with Crippen LogP contribution in [-0.4, -0.2) is 6.36 Å². The van der Waals surface area contributed by atoms with Gasteiger partial charge in [-0.3, -0.25) is 0 Å². The fraction of sp³-hybridized carbons (Fsp3) is 0.200. The summed E-state index contributed by atoms with van der Waals surface area (Å²) >= 11 is 9.64. The molecule has 0 bridgehead atoms. The minimum Gasteiger partial charge on any atom is -0.406 e. The number of benzene rings is 2. The van der Waals surface area contributed by atoms with Crippen molar-refractivity contribution in [1.29, 1.82) is 0 Å². The van der Waals surface area contributed by atoms with Gasteiger partial charge in [0.2, 0.25) is 0 Å². The Labute approximate surface area is 133 Å². The zero-order valence-corrected chi connectivity index (χ0v) is 13.0. The summed E-state index contributed by atoms with van der Waals surface area (Å²) in [4.78, 5) is 0. The molecule has 0 N–H and O–H groups in total. The van der Waals surface area contributed by atoms with Crippen molar-refractivity contribution in [2.75, 3.05) is 0 Å². The Morgan fingerprint density at radius 1 is 1.00 bits per heavy atom. The molecule has 2 aromatic rings. The largest absolute Gasteiger partial charge is 0.573 e. The summed E-state index contributed by atoms with van der Waals surface area (Å²) in [6.07, 6.45) is -4.09. The van der Waals surface area contributed by atoms with E-state index in [2.05, 4.69) is 20.7 Å². The fourth-order valence-electron chi connectivity index (χ4n) is 1.82. The first-order valence-corrected chi connectivity index (χ1v) is 7.31. The van der Waals surface area contributed by atoms with E-state index in [-0.39, 0.29) is 11.1 Å². The highest BCUT2D eigenvalue weighted by atomic mass is 79.9. The van der Waals surface area contributed by atoms with Crippen LogP contribution in [-0.2, 0) is 6.42 Å². The van der Waals surface area contributed by atoms with Crippen molar-refractivity contribution in [2.24, 2.45) is 0 Å². The van der Waals surface area contributed by atoms with E-state index >= 15 is 0 Å². The number of halogens is 5. The van der Waals surface area contributed by atoms with Gasteiger partial charge in [-0.15, -0.1) is 24.8 Å². The molecule has 0 aromatic heterocycles. The Morgan fingerprint density at radius 3 is 2.10 bits per heavy atom. The van der Waals surface area contributed by atoms with Gasteiger partial charge < -0.3 is 4.74 Å². The minimum atomic E-state index is -4.68. The van der Waals surface area contributed by atoms with Gasteiger partial charge >= 0.3 is 6.36 Å². The maximum atomic E-state index is 12.1. The molecule has 0 aliphatic heterocycles. The summed E-state index contributed by atoms with van der Waals surface area (Å²) in [7, 11) is 0.